The first-order valence-electron chi connectivity index (χ1n) is 4.67. The molecule has 0 radical (unpaired) electrons. The molecule has 1 saturated heterocycles. The van der Waals surface area contributed by atoms with Crippen LogP contribution in [0.2, 0.25) is 0 Å². The van der Waals surface area contributed by atoms with Crippen LogP contribution < -0.4 is 0 Å². The Hall–Kier alpha value is -1.30. The zero-order valence-electron chi connectivity index (χ0n) is 8.54. The van der Waals surface area contributed by atoms with Gasteiger partial charge in [-0.15, -0.1) is 0 Å². The number of hydrogen-bond acceptors (Lipinski definition) is 5. The quantitative estimate of drug-likeness (QED) is 0.306. The van der Waals surface area contributed by atoms with Gasteiger partial charge in [0.2, 0.25) is 0 Å². The molecular weight excluding hydrogens is 200 g/mol. The van der Waals surface area contributed by atoms with Crippen molar-refractivity contribution in [2.45, 2.75) is 18.6 Å². The van der Waals surface area contributed by atoms with Crippen LogP contribution in [0.5, 0.6) is 0 Å². The van der Waals surface area contributed by atoms with Crippen LogP contribution >= 0.6 is 0 Å². The van der Waals surface area contributed by atoms with Crippen LogP contribution in [0, 0.1) is 0 Å². The van der Waals surface area contributed by atoms with Gasteiger partial charge >= 0.3 is 5.97 Å². The van der Waals surface area contributed by atoms with E-state index in [0.29, 0.717) is 13.0 Å². The number of β-amino-alcohol motifs (C(OH)–C–C–N with tert-alkyl or cyclic N) is 1. The fourth-order valence-electron chi connectivity index (χ4n) is 1.70. The summed E-state index contributed by atoms with van der Waals surface area (Å²) in [6.45, 7) is 0.810. The molecule has 7 nitrogen and oxygen atoms in total. The minimum Gasteiger partial charge on any atom is -0.468 e. The highest BCUT2D eigenvalue weighted by atomic mass is 16.5. The van der Waals surface area contributed by atoms with Crippen LogP contribution in [0.4, 0.5) is 0 Å². The lowest BCUT2D eigenvalue weighted by Crippen LogP contribution is -2.36. The lowest BCUT2D eigenvalue weighted by Gasteiger charge is -2.20. The number of aliphatic hydroxyl groups is 1. The van der Waals surface area contributed by atoms with Gasteiger partial charge < -0.3 is 9.84 Å². The molecule has 0 amide bonds. The third-order valence-electron chi connectivity index (χ3n) is 2.42. The Morgan fingerprint density at radius 3 is 3.13 bits per heavy atom. The summed E-state index contributed by atoms with van der Waals surface area (Å²) in [6.07, 6.45) is 0.0595. The van der Waals surface area contributed by atoms with Gasteiger partial charge in [0.25, 0.3) is 0 Å². The first-order chi connectivity index (χ1) is 7.17. The lowest BCUT2D eigenvalue weighted by molar-refractivity contribution is -0.142. The highest BCUT2D eigenvalue weighted by Gasteiger charge is 2.31. The van der Waals surface area contributed by atoms with E-state index in [1.165, 1.54) is 7.11 Å². The molecule has 84 valence electrons. The van der Waals surface area contributed by atoms with Crippen LogP contribution in [-0.2, 0) is 9.53 Å². The molecule has 0 aromatic rings. The normalized spacial score (nSPS) is 26.0. The van der Waals surface area contributed by atoms with E-state index in [-0.39, 0.29) is 25.1 Å². The van der Waals surface area contributed by atoms with Crippen LogP contribution in [-0.4, -0.2) is 54.9 Å². The smallest absolute Gasteiger partial charge is 0.319 e. The maximum atomic E-state index is 11.0. The molecule has 0 aromatic heterocycles. The van der Waals surface area contributed by atoms with Crippen LogP contribution in [0.15, 0.2) is 5.11 Å². The maximum Gasteiger partial charge on any atom is 0.319 e. The van der Waals surface area contributed by atoms with Gasteiger partial charge in [0.15, 0.2) is 0 Å². The van der Waals surface area contributed by atoms with E-state index in [9.17, 15) is 9.90 Å². The molecule has 0 saturated carbocycles. The standard InChI is InChI=1S/C8H14N4O3/c1-15-8(14)5-12-4-7(13)2-6(12)3-10-11-9/h6-7,13H,2-5H2,1H3/t6-,7-/m1/s1. The average Bonchev–Trinajstić information content (AvgIpc) is 2.55. The minimum absolute atomic E-state index is 0.0741. The molecule has 0 aliphatic carbocycles. The van der Waals surface area contributed by atoms with Gasteiger partial charge in [0.05, 0.1) is 19.8 Å². The summed E-state index contributed by atoms with van der Waals surface area (Å²) >= 11 is 0. The van der Waals surface area contributed by atoms with E-state index in [0.717, 1.165) is 0 Å². The second-order valence-corrected chi connectivity index (χ2v) is 3.46. The molecule has 1 fully saturated rings. The summed E-state index contributed by atoms with van der Waals surface area (Å²) in [5, 5.41) is 12.9. The fourth-order valence-corrected chi connectivity index (χ4v) is 1.70. The second kappa shape index (κ2) is 5.55. The Bertz CT molecular complexity index is 277. The van der Waals surface area contributed by atoms with Gasteiger partial charge in [-0.25, -0.2) is 0 Å². The number of ether oxygens (including phenoxy) is 1. The van der Waals surface area contributed by atoms with E-state index in [1.54, 1.807) is 4.90 Å². The first kappa shape index (κ1) is 11.8. The summed E-state index contributed by atoms with van der Waals surface area (Å²) in [5.41, 5.74) is 8.19. The number of hydrogen-bond donors (Lipinski definition) is 1. The van der Waals surface area contributed by atoms with E-state index in [4.69, 9.17) is 5.53 Å². The monoisotopic (exact) mass is 214 g/mol. The number of aliphatic hydroxyl groups excluding tert-OH is 1. The highest BCUT2D eigenvalue weighted by Crippen LogP contribution is 2.17. The number of carbonyl (C=O) groups is 1. The lowest BCUT2D eigenvalue weighted by atomic mass is 10.2. The second-order valence-electron chi connectivity index (χ2n) is 3.46. The van der Waals surface area contributed by atoms with E-state index in [2.05, 4.69) is 14.8 Å². The summed E-state index contributed by atoms with van der Waals surface area (Å²) in [5.74, 6) is -0.352. The molecule has 1 aliphatic heterocycles. The minimum atomic E-state index is -0.464. The zero-order valence-corrected chi connectivity index (χ0v) is 8.54. The SMILES string of the molecule is COC(=O)CN1C[C@H](O)C[C@@H]1CN=[N+]=[N-]. The number of azide groups is 1. The van der Waals surface area contributed by atoms with E-state index < -0.39 is 6.10 Å². The molecule has 0 aromatic carbocycles. The van der Waals surface area contributed by atoms with Crippen molar-refractivity contribution in [2.75, 3.05) is 26.7 Å². The zero-order chi connectivity index (χ0) is 11.3. The summed E-state index contributed by atoms with van der Waals surface area (Å²) in [7, 11) is 1.32. The van der Waals surface area contributed by atoms with Crippen molar-refractivity contribution in [2.24, 2.45) is 5.11 Å². The van der Waals surface area contributed by atoms with Crippen molar-refractivity contribution in [3.05, 3.63) is 10.4 Å². The molecule has 1 aliphatic rings. The van der Waals surface area contributed by atoms with Gasteiger partial charge in [-0.2, -0.15) is 0 Å². The van der Waals surface area contributed by atoms with E-state index in [1.807, 2.05) is 0 Å². The molecular formula is C8H14N4O3. The number of esters is 1. The van der Waals surface area contributed by atoms with Crippen LogP contribution in [0.1, 0.15) is 6.42 Å². The molecule has 0 spiro atoms. The Kier molecular flexibility index (Phi) is 4.36. The van der Waals surface area contributed by atoms with E-state index >= 15 is 0 Å². The van der Waals surface area contributed by atoms with Gasteiger partial charge in [-0.1, -0.05) is 5.11 Å². The van der Waals surface area contributed by atoms with Crippen molar-refractivity contribution in [1.29, 1.82) is 0 Å². The number of rotatable bonds is 4. The van der Waals surface area contributed by atoms with Gasteiger partial charge in [0, 0.05) is 24.0 Å². The Morgan fingerprint density at radius 2 is 2.53 bits per heavy atom. The van der Waals surface area contributed by atoms with Crippen molar-refractivity contribution in [3.63, 3.8) is 0 Å². The number of nitrogens with zero attached hydrogens (tertiary/aromatic N) is 4. The molecule has 15 heavy (non-hydrogen) atoms. The number of likely N-dealkylation sites (tertiary alicyclic amines) is 1. The van der Waals surface area contributed by atoms with Crippen molar-refractivity contribution in [1.82, 2.24) is 4.90 Å². The summed E-state index contributed by atoms with van der Waals surface area (Å²) in [6, 6.07) is -0.0741. The topological polar surface area (TPSA) is 98.5 Å². The predicted octanol–water partition coefficient (Wildman–Crippen LogP) is -0.0951. The summed E-state index contributed by atoms with van der Waals surface area (Å²) < 4.78 is 4.53. The summed E-state index contributed by atoms with van der Waals surface area (Å²) in [4.78, 5) is 15.5. The molecule has 1 heterocycles. The maximum absolute atomic E-state index is 11.0. The van der Waals surface area contributed by atoms with Gasteiger partial charge in [-0.3, -0.25) is 9.69 Å². The van der Waals surface area contributed by atoms with Gasteiger partial charge in [0.1, 0.15) is 0 Å². The third kappa shape index (κ3) is 3.39. The number of carbonyl (C=O) groups excluding carboxylic acids is 1. The van der Waals surface area contributed by atoms with Crippen molar-refractivity contribution >= 4 is 5.97 Å². The Labute approximate surface area is 87.3 Å². The molecule has 7 heteroatoms. The first-order valence-corrected chi connectivity index (χ1v) is 4.67. The van der Waals surface area contributed by atoms with Crippen molar-refractivity contribution < 1.29 is 14.6 Å². The fraction of sp³-hybridized carbons (Fsp3) is 0.875. The Morgan fingerprint density at radius 1 is 1.80 bits per heavy atom. The predicted molar refractivity (Wildman–Crippen MR) is 52.0 cm³/mol. The largest absolute Gasteiger partial charge is 0.468 e. The van der Waals surface area contributed by atoms with Gasteiger partial charge in [-0.05, 0) is 12.0 Å². The highest BCUT2D eigenvalue weighted by molar-refractivity contribution is 5.71. The molecule has 2 atom stereocenters. The van der Waals surface area contributed by atoms with Crippen LogP contribution in [0.3, 0.4) is 0 Å². The average molecular weight is 214 g/mol. The third-order valence-corrected chi connectivity index (χ3v) is 2.42. The number of methoxy groups -OCH3 is 1. The molecule has 1 N–H and O–H groups in total. The molecule has 0 unspecified atom stereocenters. The van der Waals surface area contributed by atoms with Crippen molar-refractivity contribution in [3.8, 4) is 0 Å². The molecule has 1 rings (SSSR count). The van der Waals surface area contributed by atoms with Crippen LogP contribution in [0.25, 0.3) is 10.4 Å². The Balaban J connectivity index is 2.52. The molecule has 0 bridgehead atoms.